The highest BCUT2D eigenvalue weighted by Gasteiger charge is 2.27. The number of carbonyl (C=O) groups is 2. The van der Waals surface area contributed by atoms with Crippen LogP contribution < -0.4 is 0 Å². The molecule has 0 aromatic heterocycles. The summed E-state index contributed by atoms with van der Waals surface area (Å²) in [5, 5.41) is 0. The minimum atomic E-state index is -0.289. The van der Waals surface area contributed by atoms with E-state index in [1.54, 1.807) is 13.0 Å². The van der Waals surface area contributed by atoms with E-state index in [9.17, 15) is 9.59 Å². The zero-order valence-electron chi connectivity index (χ0n) is 9.94. The topological polar surface area (TPSA) is 43.4 Å². The van der Waals surface area contributed by atoms with Gasteiger partial charge in [0.25, 0.3) is 0 Å². The predicted octanol–water partition coefficient (Wildman–Crippen LogP) is 2.70. The largest absolute Gasteiger partial charge is 0.462 e. The molecule has 1 fully saturated rings. The van der Waals surface area contributed by atoms with Crippen molar-refractivity contribution in [2.24, 2.45) is 0 Å². The first-order valence-electron chi connectivity index (χ1n) is 6.00. The molecule has 0 N–H and O–H groups in total. The lowest BCUT2D eigenvalue weighted by Crippen LogP contribution is -2.10. The van der Waals surface area contributed by atoms with Crippen LogP contribution in [0.3, 0.4) is 0 Å². The van der Waals surface area contributed by atoms with E-state index in [4.69, 9.17) is 4.74 Å². The Morgan fingerprint density at radius 1 is 1.41 bits per heavy atom. The highest BCUT2D eigenvalue weighted by Crippen LogP contribution is 2.34. The van der Waals surface area contributed by atoms with Crippen LogP contribution in [0.2, 0.25) is 0 Å². The lowest BCUT2D eigenvalue weighted by molar-refractivity contribution is -0.117. The monoisotopic (exact) mass is 232 g/mol. The van der Waals surface area contributed by atoms with E-state index in [-0.39, 0.29) is 17.7 Å². The number of benzene rings is 1. The van der Waals surface area contributed by atoms with Gasteiger partial charge in [-0.1, -0.05) is 18.2 Å². The van der Waals surface area contributed by atoms with Crippen LogP contribution in [0.5, 0.6) is 0 Å². The molecule has 0 amide bonds. The molecular formula is C14H16O3. The summed E-state index contributed by atoms with van der Waals surface area (Å²) in [5.74, 6) is 0.180. The number of hydrogen-bond acceptors (Lipinski definition) is 3. The highest BCUT2D eigenvalue weighted by molar-refractivity contribution is 5.92. The molecule has 1 aromatic carbocycles. The SMILES string of the molecule is CCOC(=O)c1ccccc1C1CCC(=O)C1. The van der Waals surface area contributed by atoms with Crippen molar-refractivity contribution in [3.05, 3.63) is 35.4 Å². The molecule has 0 saturated heterocycles. The maximum Gasteiger partial charge on any atom is 0.338 e. The van der Waals surface area contributed by atoms with Crippen molar-refractivity contribution in [2.45, 2.75) is 32.1 Å². The smallest absolute Gasteiger partial charge is 0.338 e. The van der Waals surface area contributed by atoms with E-state index < -0.39 is 0 Å². The van der Waals surface area contributed by atoms with Crippen LogP contribution in [0.25, 0.3) is 0 Å². The van der Waals surface area contributed by atoms with Crippen molar-refractivity contribution in [3.63, 3.8) is 0 Å². The van der Waals surface area contributed by atoms with Crippen LogP contribution in [0.15, 0.2) is 24.3 Å². The number of carbonyl (C=O) groups excluding carboxylic acids is 2. The van der Waals surface area contributed by atoms with Gasteiger partial charge in [0, 0.05) is 12.8 Å². The zero-order chi connectivity index (χ0) is 12.3. The molecule has 1 aromatic rings. The van der Waals surface area contributed by atoms with Crippen molar-refractivity contribution in [1.82, 2.24) is 0 Å². The molecule has 1 atom stereocenters. The molecule has 0 spiro atoms. The first kappa shape index (κ1) is 11.8. The second-order valence-corrected chi connectivity index (χ2v) is 4.29. The van der Waals surface area contributed by atoms with Gasteiger partial charge >= 0.3 is 5.97 Å². The van der Waals surface area contributed by atoms with Gasteiger partial charge in [0.2, 0.25) is 0 Å². The van der Waals surface area contributed by atoms with Crippen LogP contribution in [-0.4, -0.2) is 18.4 Å². The van der Waals surface area contributed by atoms with Crippen molar-refractivity contribution in [3.8, 4) is 0 Å². The van der Waals surface area contributed by atoms with Crippen LogP contribution >= 0.6 is 0 Å². The van der Waals surface area contributed by atoms with E-state index in [1.165, 1.54) is 0 Å². The molecule has 0 aliphatic heterocycles. The Morgan fingerprint density at radius 2 is 2.18 bits per heavy atom. The Kier molecular flexibility index (Phi) is 3.57. The van der Waals surface area contributed by atoms with E-state index in [1.807, 2.05) is 18.2 Å². The predicted molar refractivity (Wildman–Crippen MR) is 64.0 cm³/mol. The summed E-state index contributed by atoms with van der Waals surface area (Å²) in [4.78, 5) is 23.1. The van der Waals surface area contributed by atoms with E-state index in [0.717, 1.165) is 12.0 Å². The average molecular weight is 232 g/mol. The Bertz CT molecular complexity index is 437. The third kappa shape index (κ3) is 2.54. The van der Waals surface area contributed by atoms with Crippen molar-refractivity contribution >= 4 is 11.8 Å². The molecule has 0 bridgehead atoms. The summed E-state index contributed by atoms with van der Waals surface area (Å²) in [7, 11) is 0. The minimum absolute atomic E-state index is 0.183. The Morgan fingerprint density at radius 3 is 2.82 bits per heavy atom. The van der Waals surface area contributed by atoms with E-state index in [0.29, 0.717) is 25.0 Å². The van der Waals surface area contributed by atoms with Gasteiger partial charge < -0.3 is 4.74 Å². The Hall–Kier alpha value is -1.64. The van der Waals surface area contributed by atoms with Gasteiger partial charge in [0.1, 0.15) is 5.78 Å². The number of hydrogen-bond donors (Lipinski definition) is 0. The van der Waals surface area contributed by atoms with Crippen molar-refractivity contribution < 1.29 is 14.3 Å². The van der Waals surface area contributed by atoms with Gasteiger partial charge in [-0.15, -0.1) is 0 Å². The summed E-state index contributed by atoms with van der Waals surface area (Å²) in [6.45, 7) is 2.16. The molecule has 0 radical (unpaired) electrons. The maximum absolute atomic E-state index is 11.8. The van der Waals surface area contributed by atoms with Gasteiger partial charge in [-0.25, -0.2) is 4.79 Å². The van der Waals surface area contributed by atoms with Crippen LogP contribution in [0, 0.1) is 0 Å². The standard InChI is InChI=1S/C14H16O3/c1-2-17-14(16)13-6-4-3-5-12(13)10-7-8-11(15)9-10/h3-6,10H,2,7-9H2,1H3. The lowest BCUT2D eigenvalue weighted by atomic mass is 9.93. The molecule has 17 heavy (non-hydrogen) atoms. The number of rotatable bonds is 3. The fraction of sp³-hybridized carbons (Fsp3) is 0.429. The van der Waals surface area contributed by atoms with E-state index >= 15 is 0 Å². The first-order valence-corrected chi connectivity index (χ1v) is 6.00. The number of Topliss-reactive ketones (excluding diaryl/α,β-unsaturated/α-hetero) is 1. The number of esters is 1. The molecule has 90 valence electrons. The van der Waals surface area contributed by atoms with Gasteiger partial charge in [-0.3, -0.25) is 4.79 Å². The summed E-state index contributed by atoms with van der Waals surface area (Å²) in [6, 6.07) is 7.43. The molecule has 0 heterocycles. The minimum Gasteiger partial charge on any atom is -0.462 e. The van der Waals surface area contributed by atoms with Crippen LogP contribution in [-0.2, 0) is 9.53 Å². The number of ketones is 1. The molecule has 3 heteroatoms. The maximum atomic E-state index is 11.8. The lowest BCUT2D eigenvalue weighted by Gasteiger charge is -2.13. The fourth-order valence-corrected chi connectivity index (χ4v) is 2.33. The van der Waals surface area contributed by atoms with Crippen molar-refractivity contribution in [1.29, 1.82) is 0 Å². The summed E-state index contributed by atoms with van der Waals surface area (Å²) < 4.78 is 5.03. The third-order valence-electron chi connectivity index (χ3n) is 3.14. The van der Waals surface area contributed by atoms with Crippen LogP contribution in [0.1, 0.15) is 48.0 Å². The highest BCUT2D eigenvalue weighted by atomic mass is 16.5. The number of ether oxygens (including phenoxy) is 1. The summed E-state index contributed by atoms with van der Waals surface area (Å²) >= 11 is 0. The molecule has 2 rings (SSSR count). The average Bonchev–Trinajstić information content (AvgIpc) is 2.76. The second kappa shape index (κ2) is 5.13. The molecule has 1 aliphatic carbocycles. The van der Waals surface area contributed by atoms with E-state index in [2.05, 4.69) is 0 Å². The van der Waals surface area contributed by atoms with Gasteiger partial charge in [0.15, 0.2) is 0 Å². The summed E-state index contributed by atoms with van der Waals surface area (Å²) in [6.07, 6.45) is 2.02. The fourth-order valence-electron chi connectivity index (χ4n) is 2.33. The van der Waals surface area contributed by atoms with Crippen molar-refractivity contribution in [2.75, 3.05) is 6.61 Å². The Balaban J connectivity index is 2.27. The molecule has 1 unspecified atom stereocenters. The first-order chi connectivity index (χ1) is 8.22. The normalized spacial score (nSPS) is 19.4. The summed E-state index contributed by atoms with van der Waals surface area (Å²) in [5.41, 5.74) is 1.56. The zero-order valence-corrected chi connectivity index (χ0v) is 9.94. The van der Waals surface area contributed by atoms with Crippen LogP contribution in [0.4, 0.5) is 0 Å². The molecule has 1 saturated carbocycles. The molecule has 1 aliphatic rings. The third-order valence-corrected chi connectivity index (χ3v) is 3.14. The van der Waals surface area contributed by atoms with Gasteiger partial charge in [0.05, 0.1) is 12.2 Å². The quantitative estimate of drug-likeness (QED) is 0.752. The Labute approximate surface area is 101 Å². The second-order valence-electron chi connectivity index (χ2n) is 4.29. The molecule has 3 nitrogen and oxygen atoms in total. The molecular weight excluding hydrogens is 216 g/mol. The van der Waals surface area contributed by atoms with Gasteiger partial charge in [-0.05, 0) is 30.9 Å². The van der Waals surface area contributed by atoms with Gasteiger partial charge in [-0.2, -0.15) is 0 Å².